The minimum absolute atomic E-state index is 0.165. The lowest BCUT2D eigenvalue weighted by atomic mass is 9.81. The number of hydrogen-bond donors (Lipinski definition) is 0. The number of fused-ring (bicyclic) bond motifs is 2. The second-order valence-corrected chi connectivity index (χ2v) is 9.50. The fourth-order valence-electron chi connectivity index (χ4n) is 5.89. The molecule has 5 rings (SSSR count). The SMILES string of the molecule is CCc1c(C(c2ccc(N(C)C)cc2)c2c(CC)n(C)c3ccccc23)c2ccccc2n1C. The molecule has 0 unspecified atom stereocenters. The van der Waals surface area contributed by atoms with E-state index in [4.69, 9.17) is 0 Å². The van der Waals surface area contributed by atoms with Crippen LogP contribution in [0, 0.1) is 0 Å². The molecule has 5 aromatic rings. The molecule has 34 heavy (non-hydrogen) atoms. The van der Waals surface area contributed by atoms with E-state index < -0.39 is 0 Å². The summed E-state index contributed by atoms with van der Waals surface area (Å²) in [6.07, 6.45) is 2.00. The summed E-state index contributed by atoms with van der Waals surface area (Å²) in [6.45, 7) is 4.57. The second-order valence-electron chi connectivity index (χ2n) is 9.50. The first kappa shape index (κ1) is 22.3. The van der Waals surface area contributed by atoms with E-state index >= 15 is 0 Å². The summed E-state index contributed by atoms with van der Waals surface area (Å²) in [7, 11) is 8.65. The third kappa shape index (κ3) is 3.34. The number of aryl methyl sites for hydroxylation is 2. The highest BCUT2D eigenvalue weighted by Gasteiger charge is 2.30. The summed E-state index contributed by atoms with van der Waals surface area (Å²) in [5.41, 5.74) is 10.9. The van der Waals surface area contributed by atoms with Crippen molar-refractivity contribution in [2.24, 2.45) is 14.1 Å². The van der Waals surface area contributed by atoms with Crippen LogP contribution in [0.4, 0.5) is 5.69 Å². The number of anilines is 1. The van der Waals surface area contributed by atoms with E-state index in [1.165, 1.54) is 55.6 Å². The Bertz CT molecular complexity index is 1380. The zero-order valence-corrected chi connectivity index (χ0v) is 21.3. The summed E-state index contributed by atoms with van der Waals surface area (Å²) in [5.74, 6) is 0.165. The van der Waals surface area contributed by atoms with Gasteiger partial charge in [-0.3, -0.25) is 0 Å². The quantitative estimate of drug-likeness (QED) is 0.271. The minimum atomic E-state index is 0.165. The molecule has 3 nitrogen and oxygen atoms in total. The second kappa shape index (κ2) is 8.72. The van der Waals surface area contributed by atoms with Gasteiger partial charge in [-0.05, 0) is 53.8 Å². The predicted molar refractivity (Wildman–Crippen MR) is 146 cm³/mol. The molecule has 0 aliphatic heterocycles. The van der Waals surface area contributed by atoms with E-state index in [0.717, 1.165) is 12.8 Å². The van der Waals surface area contributed by atoms with E-state index in [0.29, 0.717) is 0 Å². The van der Waals surface area contributed by atoms with E-state index in [-0.39, 0.29) is 5.92 Å². The lowest BCUT2D eigenvalue weighted by molar-refractivity contribution is 0.809. The molecule has 2 aromatic heterocycles. The molecule has 174 valence electrons. The average molecular weight is 450 g/mol. The first-order valence-corrected chi connectivity index (χ1v) is 12.4. The van der Waals surface area contributed by atoms with Crippen molar-refractivity contribution in [1.29, 1.82) is 0 Å². The first-order chi connectivity index (χ1) is 16.5. The lowest BCUT2D eigenvalue weighted by Crippen LogP contribution is -2.11. The van der Waals surface area contributed by atoms with Crippen LogP contribution in [0.15, 0.2) is 72.8 Å². The van der Waals surface area contributed by atoms with Crippen LogP contribution in [0.3, 0.4) is 0 Å². The lowest BCUT2D eigenvalue weighted by Gasteiger charge is -2.23. The number of nitrogens with zero attached hydrogens (tertiary/aromatic N) is 3. The molecule has 0 aliphatic carbocycles. The van der Waals surface area contributed by atoms with Gasteiger partial charge in [0.05, 0.1) is 0 Å². The highest BCUT2D eigenvalue weighted by molar-refractivity contribution is 5.91. The Hall–Kier alpha value is -3.46. The summed E-state index contributed by atoms with van der Waals surface area (Å²) in [6, 6.07) is 27.0. The summed E-state index contributed by atoms with van der Waals surface area (Å²) in [4.78, 5) is 2.17. The summed E-state index contributed by atoms with van der Waals surface area (Å²) >= 11 is 0. The smallest absolute Gasteiger partial charge is 0.0483 e. The summed E-state index contributed by atoms with van der Waals surface area (Å²) in [5, 5.41) is 2.72. The predicted octanol–water partition coefficient (Wildman–Crippen LogP) is 7.04. The van der Waals surface area contributed by atoms with E-state index in [2.05, 4.69) is 129 Å². The molecule has 0 fully saturated rings. The monoisotopic (exact) mass is 449 g/mol. The van der Waals surface area contributed by atoms with Gasteiger partial charge in [0.1, 0.15) is 0 Å². The van der Waals surface area contributed by atoms with Gasteiger partial charge in [-0.15, -0.1) is 0 Å². The largest absolute Gasteiger partial charge is 0.378 e. The standard InChI is InChI=1S/C31H35N3/c1-7-25-30(23-13-9-11-15-27(23)33(25)5)29(21-17-19-22(20-18-21)32(3)4)31-24-14-10-12-16-28(24)34(6)26(31)8-2/h9-20,29H,7-8H2,1-6H3. The minimum Gasteiger partial charge on any atom is -0.378 e. The molecule has 0 spiro atoms. The molecule has 0 bridgehead atoms. The molecule has 0 N–H and O–H groups in total. The number of hydrogen-bond acceptors (Lipinski definition) is 1. The average Bonchev–Trinajstić information content (AvgIpc) is 3.31. The van der Waals surface area contributed by atoms with Gasteiger partial charge in [0.15, 0.2) is 0 Å². The van der Waals surface area contributed by atoms with Gasteiger partial charge in [0, 0.05) is 73.0 Å². The molecule has 0 saturated carbocycles. The van der Waals surface area contributed by atoms with Gasteiger partial charge in [0.25, 0.3) is 0 Å². The van der Waals surface area contributed by atoms with Crippen LogP contribution in [0.1, 0.15) is 47.8 Å². The van der Waals surface area contributed by atoms with E-state index in [1.54, 1.807) is 0 Å². The normalized spacial score (nSPS) is 11.7. The van der Waals surface area contributed by atoms with Crippen LogP contribution in [-0.2, 0) is 26.9 Å². The molecule has 0 atom stereocenters. The number of rotatable bonds is 6. The molecular weight excluding hydrogens is 414 g/mol. The van der Waals surface area contributed by atoms with Gasteiger partial charge < -0.3 is 14.0 Å². The van der Waals surface area contributed by atoms with Crippen molar-refractivity contribution in [3.8, 4) is 0 Å². The topological polar surface area (TPSA) is 13.1 Å². The van der Waals surface area contributed by atoms with Crippen LogP contribution in [0.5, 0.6) is 0 Å². The molecule has 0 radical (unpaired) electrons. The van der Waals surface area contributed by atoms with Crippen LogP contribution < -0.4 is 4.90 Å². The Kier molecular flexibility index (Phi) is 5.73. The fourth-order valence-corrected chi connectivity index (χ4v) is 5.89. The van der Waals surface area contributed by atoms with E-state index in [9.17, 15) is 0 Å². The van der Waals surface area contributed by atoms with Gasteiger partial charge in [-0.1, -0.05) is 62.4 Å². The number of benzene rings is 3. The third-order valence-corrected chi connectivity index (χ3v) is 7.53. The van der Waals surface area contributed by atoms with Crippen molar-refractivity contribution in [3.63, 3.8) is 0 Å². The van der Waals surface area contributed by atoms with Crippen molar-refractivity contribution >= 4 is 27.5 Å². The van der Waals surface area contributed by atoms with E-state index in [1.807, 2.05) is 0 Å². The van der Waals surface area contributed by atoms with Crippen molar-refractivity contribution in [3.05, 3.63) is 101 Å². The van der Waals surface area contributed by atoms with Crippen molar-refractivity contribution in [2.75, 3.05) is 19.0 Å². The molecule has 0 saturated heterocycles. The van der Waals surface area contributed by atoms with Crippen molar-refractivity contribution < 1.29 is 0 Å². The van der Waals surface area contributed by atoms with Crippen LogP contribution in [0.2, 0.25) is 0 Å². The Morgan fingerprint density at radius 1 is 0.647 bits per heavy atom. The van der Waals surface area contributed by atoms with Gasteiger partial charge in [-0.25, -0.2) is 0 Å². The Morgan fingerprint density at radius 3 is 1.50 bits per heavy atom. The molecule has 0 aliphatic rings. The summed E-state index contributed by atoms with van der Waals surface area (Å²) < 4.78 is 4.81. The zero-order chi connectivity index (χ0) is 24.0. The Labute approximate surface area is 203 Å². The Morgan fingerprint density at radius 2 is 1.09 bits per heavy atom. The molecule has 0 amide bonds. The number of para-hydroxylation sites is 2. The first-order valence-electron chi connectivity index (χ1n) is 12.4. The Balaban J connectivity index is 1.91. The third-order valence-electron chi connectivity index (χ3n) is 7.53. The molecule has 2 heterocycles. The molecular formula is C31H35N3. The highest BCUT2D eigenvalue weighted by atomic mass is 15.1. The van der Waals surface area contributed by atoms with Crippen molar-refractivity contribution in [2.45, 2.75) is 32.6 Å². The maximum absolute atomic E-state index is 2.41. The van der Waals surface area contributed by atoms with Crippen LogP contribution >= 0.6 is 0 Å². The van der Waals surface area contributed by atoms with Gasteiger partial charge >= 0.3 is 0 Å². The number of aromatic nitrogens is 2. The molecule has 3 heteroatoms. The zero-order valence-electron chi connectivity index (χ0n) is 21.3. The maximum atomic E-state index is 2.41. The molecule has 3 aromatic carbocycles. The van der Waals surface area contributed by atoms with Gasteiger partial charge in [0.2, 0.25) is 0 Å². The van der Waals surface area contributed by atoms with Crippen LogP contribution in [0.25, 0.3) is 21.8 Å². The van der Waals surface area contributed by atoms with Gasteiger partial charge in [-0.2, -0.15) is 0 Å². The highest BCUT2D eigenvalue weighted by Crippen LogP contribution is 2.44. The van der Waals surface area contributed by atoms with Crippen molar-refractivity contribution in [1.82, 2.24) is 9.13 Å². The fraction of sp³-hybridized carbons (Fsp3) is 0.290. The van der Waals surface area contributed by atoms with Crippen LogP contribution in [-0.4, -0.2) is 23.2 Å². The maximum Gasteiger partial charge on any atom is 0.0483 e.